The molecule has 198 valence electrons. The van der Waals surface area contributed by atoms with Crippen molar-refractivity contribution in [3.8, 4) is 11.4 Å². The SMILES string of the molecule is Cc1cc(OCc2c(C(C)C)cnn2-c2c(Cl)cccc2Cl)ccc1CCNCc1cccc(C(=O)O)c1. The normalized spacial score (nSPS) is 11.2. The third-order valence-electron chi connectivity index (χ3n) is 6.44. The minimum Gasteiger partial charge on any atom is -0.487 e. The molecule has 4 rings (SSSR count). The Morgan fingerprint density at radius 3 is 2.50 bits per heavy atom. The Hall–Kier alpha value is -3.32. The predicted molar refractivity (Wildman–Crippen MR) is 152 cm³/mol. The van der Waals surface area contributed by atoms with Gasteiger partial charge in [0.1, 0.15) is 18.0 Å². The quantitative estimate of drug-likeness (QED) is 0.192. The van der Waals surface area contributed by atoms with Gasteiger partial charge in [-0.05, 0) is 84.5 Å². The van der Waals surface area contributed by atoms with E-state index in [9.17, 15) is 4.79 Å². The molecule has 6 nitrogen and oxygen atoms in total. The fourth-order valence-corrected chi connectivity index (χ4v) is 4.92. The van der Waals surface area contributed by atoms with Crippen LogP contribution < -0.4 is 10.1 Å². The van der Waals surface area contributed by atoms with Crippen LogP contribution in [0.1, 0.15) is 58.1 Å². The van der Waals surface area contributed by atoms with E-state index in [1.54, 1.807) is 35.0 Å². The summed E-state index contributed by atoms with van der Waals surface area (Å²) in [6.07, 6.45) is 2.70. The lowest BCUT2D eigenvalue weighted by Crippen LogP contribution is -2.17. The molecular weight excluding hydrogens is 521 g/mol. The minimum absolute atomic E-state index is 0.256. The third kappa shape index (κ3) is 6.57. The van der Waals surface area contributed by atoms with Crippen LogP contribution in [0.15, 0.2) is 66.9 Å². The second kappa shape index (κ2) is 12.5. The molecule has 0 saturated heterocycles. The lowest BCUT2D eigenvalue weighted by Gasteiger charge is -2.15. The van der Waals surface area contributed by atoms with Crippen molar-refractivity contribution in [2.24, 2.45) is 0 Å². The predicted octanol–water partition coefficient (Wildman–Crippen LogP) is 7.22. The topological polar surface area (TPSA) is 76.4 Å². The number of rotatable bonds is 11. The molecule has 0 atom stereocenters. The number of aromatic carboxylic acids is 1. The molecule has 4 aromatic rings. The highest BCUT2D eigenvalue weighted by Crippen LogP contribution is 2.32. The summed E-state index contributed by atoms with van der Waals surface area (Å²) < 4.78 is 8.00. The molecule has 3 aromatic carbocycles. The van der Waals surface area contributed by atoms with Crippen molar-refractivity contribution in [1.29, 1.82) is 0 Å². The summed E-state index contributed by atoms with van der Waals surface area (Å²) in [6.45, 7) is 8.02. The zero-order valence-corrected chi connectivity index (χ0v) is 23.2. The number of hydrogen-bond acceptors (Lipinski definition) is 4. The summed E-state index contributed by atoms with van der Waals surface area (Å²) in [5, 5.41) is 18.2. The molecule has 0 radical (unpaired) electrons. The Morgan fingerprint density at radius 1 is 1.08 bits per heavy atom. The fourth-order valence-electron chi connectivity index (χ4n) is 4.36. The molecule has 2 N–H and O–H groups in total. The molecule has 1 heterocycles. The van der Waals surface area contributed by atoms with Crippen LogP contribution in [0.5, 0.6) is 5.75 Å². The second-order valence-electron chi connectivity index (χ2n) is 9.49. The molecule has 0 aliphatic rings. The molecule has 0 aliphatic heterocycles. The van der Waals surface area contributed by atoms with Crippen LogP contribution in [0.25, 0.3) is 5.69 Å². The summed E-state index contributed by atoms with van der Waals surface area (Å²) in [4.78, 5) is 11.2. The number of nitrogens with one attached hydrogen (secondary N) is 1. The summed E-state index contributed by atoms with van der Waals surface area (Å²) >= 11 is 12.9. The highest BCUT2D eigenvalue weighted by molar-refractivity contribution is 6.37. The third-order valence-corrected chi connectivity index (χ3v) is 7.05. The van der Waals surface area contributed by atoms with Gasteiger partial charge in [-0.3, -0.25) is 0 Å². The molecule has 0 aliphatic carbocycles. The van der Waals surface area contributed by atoms with E-state index in [0.29, 0.717) is 34.4 Å². The Balaban J connectivity index is 1.40. The molecule has 0 saturated carbocycles. The average molecular weight is 553 g/mol. The number of ether oxygens (including phenoxy) is 1. The molecule has 0 amide bonds. The van der Waals surface area contributed by atoms with Crippen LogP contribution in [0.2, 0.25) is 10.0 Å². The summed E-state index contributed by atoms with van der Waals surface area (Å²) in [6, 6.07) is 18.5. The molecule has 38 heavy (non-hydrogen) atoms. The Bertz CT molecular complexity index is 1410. The van der Waals surface area contributed by atoms with Gasteiger partial charge >= 0.3 is 5.97 Å². The molecule has 0 fully saturated rings. The maximum absolute atomic E-state index is 11.2. The van der Waals surface area contributed by atoms with Crippen molar-refractivity contribution in [2.75, 3.05) is 6.54 Å². The van der Waals surface area contributed by atoms with E-state index >= 15 is 0 Å². The first-order valence-corrected chi connectivity index (χ1v) is 13.3. The number of carbonyl (C=O) groups is 1. The first-order chi connectivity index (χ1) is 18.2. The van der Waals surface area contributed by atoms with Crippen molar-refractivity contribution in [1.82, 2.24) is 15.1 Å². The lowest BCUT2D eigenvalue weighted by molar-refractivity contribution is 0.0696. The smallest absolute Gasteiger partial charge is 0.335 e. The number of hydrogen-bond donors (Lipinski definition) is 2. The molecule has 0 spiro atoms. The molecule has 0 unspecified atom stereocenters. The maximum Gasteiger partial charge on any atom is 0.335 e. The van der Waals surface area contributed by atoms with Gasteiger partial charge in [0.25, 0.3) is 0 Å². The number of carboxylic acids is 1. The molecular formula is C30H31Cl2N3O3. The van der Waals surface area contributed by atoms with E-state index < -0.39 is 5.97 Å². The first kappa shape index (κ1) is 27.7. The van der Waals surface area contributed by atoms with Crippen molar-refractivity contribution >= 4 is 29.2 Å². The first-order valence-electron chi connectivity index (χ1n) is 12.5. The van der Waals surface area contributed by atoms with Crippen molar-refractivity contribution in [3.63, 3.8) is 0 Å². The lowest BCUT2D eigenvalue weighted by atomic mass is 10.0. The van der Waals surface area contributed by atoms with Crippen LogP contribution in [0.3, 0.4) is 0 Å². The standard InChI is InChI=1S/C30H31Cl2N3O3/c1-19(2)25-17-34-35(29-26(31)8-5-9-27(29)32)28(25)18-38-24-11-10-22(20(3)14-24)12-13-33-16-21-6-4-7-23(15-21)30(36)37/h4-11,14-15,17,19,33H,12-13,16,18H2,1-3H3,(H,36,37). The monoisotopic (exact) mass is 551 g/mol. The van der Waals surface area contributed by atoms with Gasteiger partial charge in [-0.1, -0.05) is 61.3 Å². The molecule has 8 heteroatoms. The summed E-state index contributed by atoms with van der Waals surface area (Å²) in [5.41, 5.74) is 6.25. The largest absolute Gasteiger partial charge is 0.487 e. The van der Waals surface area contributed by atoms with Gasteiger partial charge in [0, 0.05) is 6.54 Å². The van der Waals surface area contributed by atoms with E-state index in [2.05, 4.69) is 37.3 Å². The van der Waals surface area contributed by atoms with Crippen LogP contribution in [0, 0.1) is 6.92 Å². The van der Waals surface area contributed by atoms with E-state index in [0.717, 1.165) is 41.1 Å². The van der Waals surface area contributed by atoms with Crippen LogP contribution >= 0.6 is 23.2 Å². The second-order valence-corrected chi connectivity index (χ2v) is 10.3. The van der Waals surface area contributed by atoms with Gasteiger partial charge in [0.2, 0.25) is 0 Å². The zero-order chi connectivity index (χ0) is 27.2. The van der Waals surface area contributed by atoms with E-state index in [4.69, 9.17) is 33.0 Å². The van der Waals surface area contributed by atoms with Gasteiger partial charge in [0.05, 0.1) is 27.5 Å². The van der Waals surface area contributed by atoms with Crippen LogP contribution in [-0.4, -0.2) is 27.4 Å². The van der Waals surface area contributed by atoms with Crippen LogP contribution in [0.4, 0.5) is 0 Å². The number of benzene rings is 3. The zero-order valence-electron chi connectivity index (χ0n) is 21.7. The van der Waals surface area contributed by atoms with E-state index in [1.807, 2.05) is 30.5 Å². The number of carboxylic acid groups (broad SMARTS) is 1. The van der Waals surface area contributed by atoms with Gasteiger partial charge in [-0.25, -0.2) is 9.48 Å². The number of aryl methyl sites for hydroxylation is 1. The van der Waals surface area contributed by atoms with E-state index in [-0.39, 0.29) is 5.92 Å². The number of para-hydroxylation sites is 1. The van der Waals surface area contributed by atoms with Crippen molar-refractivity contribution in [3.05, 3.63) is 110 Å². The average Bonchev–Trinajstić information content (AvgIpc) is 3.30. The van der Waals surface area contributed by atoms with Crippen molar-refractivity contribution in [2.45, 2.75) is 46.3 Å². The van der Waals surface area contributed by atoms with Gasteiger partial charge < -0.3 is 15.2 Å². The number of nitrogens with zero attached hydrogens (tertiary/aromatic N) is 2. The fraction of sp³-hybridized carbons (Fsp3) is 0.267. The summed E-state index contributed by atoms with van der Waals surface area (Å²) in [7, 11) is 0. The maximum atomic E-state index is 11.2. The van der Waals surface area contributed by atoms with Crippen LogP contribution in [-0.2, 0) is 19.6 Å². The van der Waals surface area contributed by atoms with E-state index in [1.165, 1.54) is 5.56 Å². The number of halogens is 2. The Kier molecular flexibility index (Phi) is 9.10. The molecule has 1 aromatic heterocycles. The highest BCUT2D eigenvalue weighted by atomic mass is 35.5. The summed E-state index contributed by atoms with van der Waals surface area (Å²) in [5.74, 6) is 0.117. The van der Waals surface area contributed by atoms with Gasteiger partial charge in [-0.15, -0.1) is 0 Å². The highest BCUT2D eigenvalue weighted by Gasteiger charge is 2.19. The van der Waals surface area contributed by atoms with Gasteiger partial charge in [0.15, 0.2) is 0 Å². The minimum atomic E-state index is -0.915. The molecule has 0 bridgehead atoms. The van der Waals surface area contributed by atoms with Gasteiger partial charge in [-0.2, -0.15) is 5.10 Å². The van der Waals surface area contributed by atoms with Crippen molar-refractivity contribution < 1.29 is 14.6 Å². The number of aromatic nitrogens is 2. The Labute approximate surface area is 233 Å². The Morgan fingerprint density at radius 2 is 1.82 bits per heavy atom.